The molecule has 0 saturated carbocycles. The highest BCUT2D eigenvalue weighted by atomic mass is 32.2. The number of nitrogens with zero attached hydrogens (tertiary/aromatic N) is 1. The lowest BCUT2D eigenvalue weighted by Crippen LogP contribution is -2.27. The number of Topliss-reactive ketones (excluding diaryl/α,β-unsaturated/α-hetero) is 1. The van der Waals surface area contributed by atoms with Gasteiger partial charge in [-0.3, -0.25) is 10.2 Å². The number of benzene rings is 2. The summed E-state index contributed by atoms with van der Waals surface area (Å²) in [5.41, 5.74) is 2.00. The van der Waals surface area contributed by atoms with Gasteiger partial charge in [0.05, 0.1) is 17.0 Å². The van der Waals surface area contributed by atoms with E-state index < -0.39 is 34.1 Å². The maximum absolute atomic E-state index is 13.2. The average Bonchev–Trinajstić information content (AvgIpc) is 2.57. The first kappa shape index (κ1) is 20.6. The van der Waals surface area contributed by atoms with Crippen molar-refractivity contribution in [2.75, 3.05) is 5.43 Å². The summed E-state index contributed by atoms with van der Waals surface area (Å²) in [7, 11) is -3.91. The third-order valence-corrected chi connectivity index (χ3v) is 4.46. The molecule has 0 aromatic heterocycles. The van der Waals surface area contributed by atoms with Crippen LogP contribution in [0.1, 0.15) is 22.3 Å². The van der Waals surface area contributed by atoms with Crippen LogP contribution >= 0.6 is 0 Å². The minimum absolute atomic E-state index is 0.104. The van der Waals surface area contributed by atoms with E-state index in [1.165, 1.54) is 24.3 Å². The Bertz CT molecular complexity index is 952. The van der Waals surface area contributed by atoms with Gasteiger partial charge in [-0.15, -0.1) is 0 Å². The first-order chi connectivity index (χ1) is 12.5. The van der Waals surface area contributed by atoms with E-state index in [1.54, 1.807) is 19.1 Å². The largest absolute Gasteiger partial charge is 0.431 e. The number of hydrazone groups is 1. The highest BCUT2D eigenvalue weighted by Gasteiger charge is 2.37. The third-order valence-electron chi connectivity index (χ3n) is 3.53. The maximum atomic E-state index is 13.2. The molecule has 0 saturated heterocycles. The fourth-order valence-electron chi connectivity index (χ4n) is 2.05. The zero-order chi connectivity index (χ0) is 20.2. The molecule has 2 aromatic carbocycles. The van der Waals surface area contributed by atoms with Crippen LogP contribution in [0.2, 0.25) is 0 Å². The van der Waals surface area contributed by atoms with Crippen LogP contribution in [0.3, 0.4) is 0 Å². The molecule has 0 atom stereocenters. The Kier molecular flexibility index (Phi) is 6.01. The van der Waals surface area contributed by atoms with Crippen molar-refractivity contribution in [3.05, 3.63) is 59.7 Å². The molecule has 2 aromatic rings. The standard InChI is InChI=1S/C17H16F3N3O3S/c1-11-2-4-12(5-3-11)15(24)10-16(17(18,19)20)23-22-13-6-8-14(9-7-13)27(21,25)26/h2-9,22H,10H2,1H3,(H2,21,25,26)/b23-16-. The number of hydrogen-bond acceptors (Lipinski definition) is 5. The molecule has 0 radical (unpaired) electrons. The summed E-state index contributed by atoms with van der Waals surface area (Å²) in [4.78, 5) is 11.9. The van der Waals surface area contributed by atoms with Crippen molar-refractivity contribution in [2.45, 2.75) is 24.4 Å². The Morgan fingerprint density at radius 1 is 1.07 bits per heavy atom. The van der Waals surface area contributed by atoms with Crippen molar-refractivity contribution < 1.29 is 26.4 Å². The third kappa shape index (κ3) is 5.90. The number of aryl methyl sites for hydroxylation is 1. The van der Waals surface area contributed by atoms with Crippen LogP contribution in [-0.4, -0.2) is 26.1 Å². The van der Waals surface area contributed by atoms with Gasteiger partial charge < -0.3 is 0 Å². The first-order valence-corrected chi connectivity index (χ1v) is 9.14. The second-order valence-corrected chi connectivity index (χ2v) is 7.26. The number of ketones is 1. The molecule has 27 heavy (non-hydrogen) atoms. The van der Waals surface area contributed by atoms with Crippen LogP contribution in [0.15, 0.2) is 58.5 Å². The fraction of sp³-hybridized carbons (Fsp3) is 0.176. The van der Waals surface area contributed by atoms with Gasteiger partial charge in [-0.05, 0) is 31.2 Å². The van der Waals surface area contributed by atoms with E-state index in [0.717, 1.165) is 17.7 Å². The fourth-order valence-corrected chi connectivity index (χ4v) is 2.56. The normalized spacial score (nSPS) is 12.7. The number of carbonyl (C=O) groups is 1. The molecule has 0 unspecified atom stereocenters. The summed E-state index contributed by atoms with van der Waals surface area (Å²) < 4.78 is 61.8. The van der Waals surface area contributed by atoms with Gasteiger partial charge in [0.25, 0.3) is 0 Å². The summed E-state index contributed by atoms with van der Waals surface area (Å²) in [5, 5.41) is 8.22. The molecular weight excluding hydrogens is 383 g/mol. The second kappa shape index (κ2) is 7.89. The Labute approximate surface area is 153 Å². The Morgan fingerprint density at radius 2 is 1.63 bits per heavy atom. The van der Waals surface area contributed by atoms with Crippen LogP contribution in [0.25, 0.3) is 0 Å². The summed E-state index contributed by atoms with van der Waals surface area (Å²) in [5.74, 6) is -0.725. The number of nitrogens with two attached hydrogens (primary N) is 1. The van der Waals surface area contributed by atoms with E-state index in [1.807, 2.05) is 0 Å². The van der Waals surface area contributed by atoms with Gasteiger partial charge in [0.2, 0.25) is 10.0 Å². The van der Waals surface area contributed by atoms with E-state index in [2.05, 4.69) is 10.5 Å². The molecule has 2 rings (SSSR count). The number of carbonyl (C=O) groups excluding carboxylic acids is 1. The molecular formula is C17H16F3N3O3S. The summed E-state index contributed by atoms with van der Waals surface area (Å²) >= 11 is 0. The zero-order valence-corrected chi connectivity index (χ0v) is 14.9. The molecule has 3 N–H and O–H groups in total. The number of sulfonamides is 1. The molecule has 0 spiro atoms. The van der Waals surface area contributed by atoms with Gasteiger partial charge in [-0.2, -0.15) is 18.3 Å². The topological polar surface area (TPSA) is 102 Å². The lowest BCUT2D eigenvalue weighted by atomic mass is 10.0. The predicted octanol–water partition coefficient (Wildman–Crippen LogP) is 3.25. The number of anilines is 1. The number of primary sulfonamides is 1. The van der Waals surface area contributed by atoms with Crippen LogP contribution < -0.4 is 10.6 Å². The molecule has 10 heteroatoms. The molecule has 0 aliphatic carbocycles. The van der Waals surface area contributed by atoms with Crippen LogP contribution in [-0.2, 0) is 10.0 Å². The van der Waals surface area contributed by atoms with E-state index in [9.17, 15) is 26.4 Å². The number of halogens is 3. The van der Waals surface area contributed by atoms with Crippen LogP contribution in [0, 0.1) is 6.92 Å². The number of nitrogens with one attached hydrogen (secondary N) is 1. The number of rotatable bonds is 6. The predicted molar refractivity (Wildman–Crippen MR) is 95.1 cm³/mol. The lowest BCUT2D eigenvalue weighted by molar-refractivity contribution is -0.0602. The summed E-state index contributed by atoms with van der Waals surface area (Å²) in [6.07, 6.45) is -5.75. The molecule has 0 amide bonds. The summed E-state index contributed by atoms with van der Waals surface area (Å²) in [6, 6.07) is 10.8. The van der Waals surface area contributed by atoms with Gasteiger partial charge in [-0.25, -0.2) is 13.6 Å². The molecule has 0 fully saturated rings. The second-order valence-electron chi connectivity index (χ2n) is 5.70. The Morgan fingerprint density at radius 3 is 2.11 bits per heavy atom. The van der Waals surface area contributed by atoms with Gasteiger partial charge in [0.1, 0.15) is 5.71 Å². The van der Waals surface area contributed by atoms with Crippen molar-refractivity contribution in [1.29, 1.82) is 0 Å². The SMILES string of the molecule is Cc1ccc(C(=O)C/C(=N/Nc2ccc(S(N)(=O)=O)cc2)C(F)(F)F)cc1. The molecule has 6 nitrogen and oxygen atoms in total. The average molecular weight is 399 g/mol. The smallest absolute Gasteiger partial charge is 0.294 e. The highest BCUT2D eigenvalue weighted by Crippen LogP contribution is 2.22. The van der Waals surface area contributed by atoms with E-state index >= 15 is 0 Å². The quantitative estimate of drug-likeness (QED) is 0.442. The molecule has 0 aliphatic rings. The van der Waals surface area contributed by atoms with E-state index in [0.29, 0.717) is 0 Å². The van der Waals surface area contributed by atoms with Gasteiger partial charge in [0, 0.05) is 5.56 Å². The monoisotopic (exact) mass is 399 g/mol. The minimum atomic E-state index is -4.81. The Hall–Kier alpha value is -2.72. The van der Waals surface area contributed by atoms with Gasteiger partial charge >= 0.3 is 6.18 Å². The van der Waals surface area contributed by atoms with Crippen molar-refractivity contribution in [3.63, 3.8) is 0 Å². The number of hydrogen-bond donors (Lipinski definition) is 2. The van der Waals surface area contributed by atoms with E-state index in [4.69, 9.17) is 5.14 Å². The van der Waals surface area contributed by atoms with Crippen LogP contribution in [0.4, 0.5) is 18.9 Å². The molecule has 0 aliphatic heterocycles. The first-order valence-electron chi connectivity index (χ1n) is 7.59. The molecule has 144 valence electrons. The highest BCUT2D eigenvalue weighted by molar-refractivity contribution is 7.89. The lowest BCUT2D eigenvalue weighted by Gasteiger charge is -2.11. The molecule has 0 bridgehead atoms. The van der Waals surface area contributed by atoms with Crippen LogP contribution in [0.5, 0.6) is 0 Å². The Balaban J connectivity index is 2.18. The number of alkyl halides is 3. The van der Waals surface area contributed by atoms with Crippen molar-refractivity contribution in [1.82, 2.24) is 0 Å². The minimum Gasteiger partial charge on any atom is -0.294 e. The van der Waals surface area contributed by atoms with Gasteiger partial charge in [0.15, 0.2) is 5.78 Å². The zero-order valence-electron chi connectivity index (χ0n) is 14.1. The van der Waals surface area contributed by atoms with E-state index in [-0.39, 0.29) is 16.1 Å². The van der Waals surface area contributed by atoms with Gasteiger partial charge in [-0.1, -0.05) is 29.8 Å². The maximum Gasteiger partial charge on any atom is 0.431 e. The van der Waals surface area contributed by atoms with Crippen molar-refractivity contribution in [3.8, 4) is 0 Å². The molecule has 0 heterocycles. The van der Waals surface area contributed by atoms with Crippen molar-refractivity contribution >= 4 is 27.2 Å². The van der Waals surface area contributed by atoms with Crippen molar-refractivity contribution in [2.24, 2.45) is 10.2 Å². The summed E-state index contributed by atoms with van der Waals surface area (Å²) in [6.45, 7) is 1.79.